The molecule has 138 valence electrons. The van der Waals surface area contributed by atoms with Gasteiger partial charge in [-0.25, -0.2) is 0 Å². The molecule has 0 aromatic carbocycles. The highest BCUT2D eigenvalue weighted by molar-refractivity contribution is 14.0. The van der Waals surface area contributed by atoms with Gasteiger partial charge in [0.1, 0.15) is 0 Å². The smallest absolute Gasteiger partial charge is 0.191 e. The van der Waals surface area contributed by atoms with Crippen molar-refractivity contribution in [3.8, 4) is 0 Å². The lowest BCUT2D eigenvalue weighted by molar-refractivity contribution is 0.139. The number of likely N-dealkylation sites (N-methyl/N-ethyl adjacent to an activating group) is 1. The van der Waals surface area contributed by atoms with Gasteiger partial charge in [-0.2, -0.15) is 11.8 Å². The normalized spacial score (nSPS) is 17.7. The Morgan fingerprint density at radius 3 is 2.22 bits per heavy atom. The first-order valence-electron chi connectivity index (χ1n) is 8.52. The molecule has 0 bridgehead atoms. The van der Waals surface area contributed by atoms with E-state index in [-0.39, 0.29) is 28.7 Å². The summed E-state index contributed by atoms with van der Waals surface area (Å²) in [6.45, 7) is 18.5. The molecule has 0 aliphatic carbocycles. The predicted molar refractivity (Wildman–Crippen MR) is 116 cm³/mol. The molecule has 0 saturated carbocycles. The van der Waals surface area contributed by atoms with Gasteiger partial charge >= 0.3 is 0 Å². The van der Waals surface area contributed by atoms with E-state index in [4.69, 9.17) is 4.99 Å². The number of aliphatic imine (C=N–C) groups is 1. The van der Waals surface area contributed by atoms with Crippen molar-refractivity contribution in [1.82, 2.24) is 20.4 Å². The lowest BCUT2D eigenvalue weighted by Gasteiger charge is -2.34. The summed E-state index contributed by atoms with van der Waals surface area (Å²) in [7, 11) is 0. The van der Waals surface area contributed by atoms with E-state index in [1.165, 1.54) is 32.7 Å². The van der Waals surface area contributed by atoms with Crippen LogP contribution in [0.15, 0.2) is 4.99 Å². The molecule has 0 spiro atoms. The Kier molecular flexibility index (Phi) is 12.8. The van der Waals surface area contributed by atoms with Crippen molar-refractivity contribution >= 4 is 41.7 Å². The van der Waals surface area contributed by atoms with E-state index in [1.807, 2.05) is 11.8 Å². The number of rotatable bonds is 8. The van der Waals surface area contributed by atoms with Gasteiger partial charge in [-0.15, -0.1) is 24.0 Å². The third-order valence-corrected chi connectivity index (χ3v) is 5.38. The van der Waals surface area contributed by atoms with E-state index >= 15 is 0 Å². The van der Waals surface area contributed by atoms with Gasteiger partial charge in [-0.1, -0.05) is 6.92 Å². The van der Waals surface area contributed by atoms with Crippen molar-refractivity contribution in [1.29, 1.82) is 0 Å². The van der Waals surface area contributed by atoms with Gasteiger partial charge in [0.25, 0.3) is 0 Å². The van der Waals surface area contributed by atoms with Crippen LogP contribution in [0.2, 0.25) is 0 Å². The van der Waals surface area contributed by atoms with Gasteiger partial charge in [0, 0.05) is 50.6 Å². The molecule has 1 aliphatic heterocycles. The molecule has 23 heavy (non-hydrogen) atoms. The second-order valence-electron chi connectivity index (χ2n) is 6.36. The minimum Gasteiger partial charge on any atom is -0.357 e. The largest absolute Gasteiger partial charge is 0.357 e. The molecule has 1 rings (SSSR count). The molecular weight excluding hydrogens is 421 g/mol. The van der Waals surface area contributed by atoms with Crippen LogP contribution in [-0.4, -0.2) is 85.7 Å². The lowest BCUT2D eigenvalue weighted by atomic mass is 10.2. The molecule has 0 aromatic rings. The number of thioether (sulfide) groups is 1. The van der Waals surface area contributed by atoms with Crippen LogP contribution in [0.3, 0.4) is 0 Å². The lowest BCUT2D eigenvalue weighted by Crippen LogP contribution is -2.49. The standard InChI is InChI=1S/C16H35N5S.HI/c1-6-17-15(19-14-16(3,4)22-5)18-8-9-21-12-10-20(7-2)11-13-21;/h6-14H2,1-5H3,(H2,17,18,19);1H. The highest BCUT2D eigenvalue weighted by Gasteiger charge is 2.16. The van der Waals surface area contributed by atoms with Gasteiger partial charge in [-0.3, -0.25) is 9.89 Å². The highest BCUT2D eigenvalue weighted by Crippen LogP contribution is 2.20. The predicted octanol–water partition coefficient (Wildman–Crippen LogP) is 1.94. The molecule has 1 heterocycles. The highest BCUT2D eigenvalue weighted by atomic mass is 127. The second kappa shape index (κ2) is 12.6. The van der Waals surface area contributed by atoms with E-state index in [9.17, 15) is 0 Å². The zero-order valence-corrected chi connectivity index (χ0v) is 18.7. The molecule has 5 nitrogen and oxygen atoms in total. The number of guanidine groups is 1. The van der Waals surface area contributed by atoms with E-state index in [0.717, 1.165) is 32.1 Å². The van der Waals surface area contributed by atoms with Crippen LogP contribution in [0.1, 0.15) is 27.7 Å². The van der Waals surface area contributed by atoms with Gasteiger partial charge in [0.2, 0.25) is 0 Å². The van der Waals surface area contributed by atoms with Crippen LogP contribution in [-0.2, 0) is 0 Å². The second-order valence-corrected chi connectivity index (χ2v) is 7.88. The van der Waals surface area contributed by atoms with Crippen LogP contribution >= 0.6 is 35.7 Å². The summed E-state index contributed by atoms with van der Waals surface area (Å²) in [6, 6.07) is 0. The van der Waals surface area contributed by atoms with Crippen molar-refractivity contribution in [3.63, 3.8) is 0 Å². The van der Waals surface area contributed by atoms with E-state index in [2.05, 4.69) is 54.4 Å². The molecule has 0 atom stereocenters. The van der Waals surface area contributed by atoms with Gasteiger partial charge < -0.3 is 15.5 Å². The first-order chi connectivity index (χ1) is 10.5. The van der Waals surface area contributed by atoms with Crippen LogP contribution in [0.4, 0.5) is 0 Å². The Bertz CT molecular complexity index is 330. The number of hydrogen-bond acceptors (Lipinski definition) is 4. The van der Waals surface area contributed by atoms with Crippen molar-refractivity contribution in [2.45, 2.75) is 32.4 Å². The Labute approximate surface area is 164 Å². The SMILES string of the molecule is CCNC(=NCC(C)(C)SC)NCCN1CCN(CC)CC1.I. The fraction of sp³-hybridized carbons (Fsp3) is 0.938. The van der Waals surface area contributed by atoms with Gasteiger partial charge in [-0.05, 0) is 33.6 Å². The van der Waals surface area contributed by atoms with E-state index in [0.29, 0.717) is 0 Å². The van der Waals surface area contributed by atoms with Gasteiger partial charge in [0.05, 0.1) is 6.54 Å². The molecule has 7 heteroatoms. The third kappa shape index (κ3) is 9.99. The number of halogens is 1. The van der Waals surface area contributed by atoms with Crippen molar-refractivity contribution < 1.29 is 0 Å². The van der Waals surface area contributed by atoms with Crippen molar-refractivity contribution in [2.24, 2.45) is 4.99 Å². The van der Waals surface area contributed by atoms with E-state index < -0.39 is 0 Å². The van der Waals surface area contributed by atoms with E-state index in [1.54, 1.807) is 0 Å². The van der Waals surface area contributed by atoms with Crippen LogP contribution in [0.5, 0.6) is 0 Å². The maximum Gasteiger partial charge on any atom is 0.191 e. The van der Waals surface area contributed by atoms with Crippen LogP contribution in [0, 0.1) is 0 Å². The Morgan fingerprint density at radius 1 is 1.09 bits per heavy atom. The molecule has 1 aliphatic rings. The average molecular weight is 457 g/mol. The fourth-order valence-electron chi connectivity index (χ4n) is 2.34. The zero-order valence-electron chi connectivity index (χ0n) is 15.5. The minimum atomic E-state index is 0. The summed E-state index contributed by atoms with van der Waals surface area (Å²) < 4.78 is 0.193. The molecule has 1 fully saturated rings. The summed E-state index contributed by atoms with van der Waals surface area (Å²) in [6.07, 6.45) is 2.14. The molecule has 0 aromatic heterocycles. The number of hydrogen-bond donors (Lipinski definition) is 2. The maximum absolute atomic E-state index is 4.71. The monoisotopic (exact) mass is 457 g/mol. The zero-order chi connectivity index (χ0) is 16.4. The minimum absolute atomic E-state index is 0. The molecule has 0 unspecified atom stereocenters. The summed E-state index contributed by atoms with van der Waals surface area (Å²) in [5, 5.41) is 6.80. The summed E-state index contributed by atoms with van der Waals surface area (Å²) >= 11 is 1.86. The number of nitrogens with one attached hydrogen (secondary N) is 2. The Morgan fingerprint density at radius 2 is 1.70 bits per heavy atom. The average Bonchev–Trinajstić information content (AvgIpc) is 2.53. The molecular formula is C16H36IN5S. The topological polar surface area (TPSA) is 42.9 Å². The molecule has 0 amide bonds. The number of nitrogens with zero attached hydrogens (tertiary/aromatic N) is 3. The molecule has 2 N–H and O–H groups in total. The first-order valence-corrected chi connectivity index (χ1v) is 9.75. The van der Waals surface area contributed by atoms with Crippen LogP contribution in [0.25, 0.3) is 0 Å². The van der Waals surface area contributed by atoms with Crippen molar-refractivity contribution in [2.75, 3.05) is 65.2 Å². The summed E-state index contributed by atoms with van der Waals surface area (Å²) in [5.74, 6) is 0.941. The van der Waals surface area contributed by atoms with Crippen molar-refractivity contribution in [3.05, 3.63) is 0 Å². The fourth-order valence-corrected chi connectivity index (χ4v) is 2.53. The quantitative estimate of drug-likeness (QED) is 0.331. The molecule has 1 saturated heterocycles. The summed E-state index contributed by atoms with van der Waals surface area (Å²) in [5.41, 5.74) is 0. The Balaban J connectivity index is 0.00000484. The van der Waals surface area contributed by atoms with Gasteiger partial charge in [0.15, 0.2) is 5.96 Å². The van der Waals surface area contributed by atoms with Crippen LogP contribution < -0.4 is 10.6 Å². The maximum atomic E-state index is 4.71. The number of piperazine rings is 1. The Hall–Kier alpha value is 0.270. The first kappa shape index (κ1) is 23.3. The third-order valence-electron chi connectivity index (χ3n) is 4.15. The molecule has 0 radical (unpaired) electrons. The summed E-state index contributed by atoms with van der Waals surface area (Å²) in [4.78, 5) is 9.76.